The maximum absolute atomic E-state index is 12.3. The zero-order valence-corrected chi connectivity index (χ0v) is 12.0. The molecule has 0 aromatic heterocycles. The van der Waals surface area contributed by atoms with E-state index < -0.39 is 10.8 Å². The summed E-state index contributed by atoms with van der Waals surface area (Å²) in [6, 6.07) is 8.51. The van der Waals surface area contributed by atoms with E-state index in [1.165, 1.54) is 11.1 Å². The fraction of sp³-hybridized carbons (Fsp3) is 0.571. The SMILES string of the molecule is CCC(NC)C(C)S(=O)Cc1ccccc1C. The fourth-order valence-electron chi connectivity index (χ4n) is 2.01. The van der Waals surface area contributed by atoms with Crippen molar-refractivity contribution in [2.24, 2.45) is 0 Å². The average molecular weight is 253 g/mol. The van der Waals surface area contributed by atoms with Gasteiger partial charge in [0.15, 0.2) is 0 Å². The Bertz CT molecular complexity index is 374. The van der Waals surface area contributed by atoms with Crippen LogP contribution in [0.1, 0.15) is 31.4 Å². The van der Waals surface area contributed by atoms with Crippen LogP contribution in [0, 0.1) is 6.92 Å². The lowest BCUT2D eigenvalue weighted by molar-refractivity contribution is 0.529. The van der Waals surface area contributed by atoms with Crippen molar-refractivity contribution in [3.63, 3.8) is 0 Å². The monoisotopic (exact) mass is 253 g/mol. The van der Waals surface area contributed by atoms with Crippen molar-refractivity contribution in [2.75, 3.05) is 7.05 Å². The molecule has 0 aliphatic carbocycles. The summed E-state index contributed by atoms with van der Waals surface area (Å²) in [5.41, 5.74) is 2.43. The molecule has 0 radical (unpaired) electrons. The first-order valence-electron chi connectivity index (χ1n) is 6.19. The van der Waals surface area contributed by atoms with Crippen LogP contribution in [0.2, 0.25) is 0 Å². The highest BCUT2D eigenvalue weighted by molar-refractivity contribution is 7.84. The van der Waals surface area contributed by atoms with Crippen molar-refractivity contribution in [2.45, 2.75) is 44.2 Å². The van der Waals surface area contributed by atoms with Crippen LogP contribution in [0.5, 0.6) is 0 Å². The van der Waals surface area contributed by atoms with Gasteiger partial charge in [-0.2, -0.15) is 0 Å². The zero-order chi connectivity index (χ0) is 12.8. The van der Waals surface area contributed by atoms with Crippen LogP contribution in [0.4, 0.5) is 0 Å². The highest BCUT2D eigenvalue weighted by atomic mass is 32.2. The molecule has 96 valence electrons. The number of nitrogens with one attached hydrogen (secondary N) is 1. The molecular formula is C14H23NOS. The van der Waals surface area contributed by atoms with Crippen LogP contribution >= 0.6 is 0 Å². The van der Waals surface area contributed by atoms with Crippen molar-refractivity contribution >= 4 is 10.8 Å². The fourth-order valence-corrected chi connectivity index (χ4v) is 3.60. The Kier molecular flexibility index (Phi) is 5.86. The van der Waals surface area contributed by atoms with Crippen LogP contribution in [-0.2, 0) is 16.6 Å². The van der Waals surface area contributed by atoms with E-state index in [1.54, 1.807) is 0 Å². The molecular weight excluding hydrogens is 230 g/mol. The maximum atomic E-state index is 12.3. The lowest BCUT2D eigenvalue weighted by Gasteiger charge is -2.21. The second-order valence-electron chi connectivity index (χ2n) is 4.46. The van der Waals surface area contributed by atoms with E-state index in [0.717, 1.165) is 6.42 Å². The third kappa shape index (κ3) is 3.93. The highest BCUT2D eigenvalue weighted by Gasteiger charge is 2.20. The third-order valence-electron chi connectivity index (χ3n) is 3.35. The van der Waals surface area contributed by atoms with Crippen LogP contribution in [-0.4, -0.2) is 22.5 Å². The number of rotatable bonds is 6. The van der Waals surface area contributed by atoms with Gasteiger partial charge in [-0.15, -0.1) is 0 Å². The first-order valence-corrected chi connectivity index (χ1v) is 7.57. The second kappa shape index (κ2) is 6.92. The van der Waals surface area contributed by atoms with Crippen molar-refractivity contribution in [3.05, 3.63) is 35.4 Å². The Morgan fingerprint density at radius 1 is 1.35 bits per heavy atom. The van der Waals surface area contributed by atoms with E-state index in [2.05, 4.69) is 38.2 Å². The van der Waals surface area contributed by atoms with E-state index in [9.17, 15) is 4.21 Å². The van der Waals surface area contributed by atoms with Gasteiger partial charge in [0.1, 0.15) is 0 Å². The molecule has 3 unspecified atom stereocenters. The first-order chi connectivity index (χ1) is 8.10. The Hall–Kier alpha value is -0.670. The predicted octanol–water partition coefficient (Wildman–Crippen LogP) is 2.63. The van der Waals surface area contributed by atoms with Gasteiger partial charge in [0.2, 0.25) is 0 Å². The Morgan fingerprint density at radius 2 is 2.00 bits per heavy atom. The summed E-state index contributed by atoms with van der Waals surface area (Å²) in [7, 11) is 1.12. The molecule has 2 nitrogen and oxygen atoms in total. The third-order valence-corrected chi connectivity index (χ3v) is 5.10. The van der Waals surface area contributed by atoms with Gasteiger partial charge < -0.3 is 5.32 Å². The Balaban J connectivity index is 2.69. The zero-order valence-electron chi connectivity index (χ0n) is 11.2. The van der Waals surface area contributed by atoms with Crippen molar-refractivity contribution in [1.82, 2.24) is 5.32 Å². The largest absolute Gasteiger partial charge is 0.316 e. The molecule has 0 fully saturated rings. The van der Waals surface area contributed by atoms with Gasteiger partial charge in [0.25, 0.3) is 0 Å². The smallest absolute Gasteiger partial charge is 0.0491 e. The van der Waals surface area contributed by atoms with Crippen molar-refractivity contribution < 1.29 is 4.21 Å². The molecule has 3 heteroatoms. The number of benzene rings is 1. The molecule has 0 saturated carbocycles. The van der Waals surface area contributed by atoms with Gasteiger partial charge in [-0.25, -0.2) is 0 Å². The van der Waals surface area contributed by atoms with Crippen LogP contribution < -0.4 is 5.32 Å². The normalized spacial score (nSPS) is 16.5. The van der Waals surface area contributed by atoms with Crippen LogP contribution in [0.3, 0.4) is 0 Å². The quantitative estimate of drug-likeness (QED) is 0.844. The molecule has 0 aliphatic rings. The molecule has 1 aromatic carbocycles. The molecule has 1 aromatic rings. The summed E-state index contributed by atoms with van der Waals surface area (Å²) in [6.07, 6.45) is 1.01. The van der Waals surface area contributed by atoms with Gasteiger partial charge in [-0.1, -0.05) is 31.2 Å². The Labute approximate surface area is 107 Å². The molecule has 17 heavy (non-hydrogen) atoms. The molecule has 0 heterocycles. The molecule has 3 atom stereocenters. The van der Waals surface area contributed by atoms with Gasteiger partial charge in [0, 0.05) is 27.8 Å². The summed E-state index contributed by atoms with van der Waals surface area (Å²) < 4.78 is 12.3. The average Bonchev–Trinajstić information content (AvgIpc) is 2.33. The minimum Gasteiger partial charge on any atom is -0.316 e. The number of hydrogen-bond acceptors (Lipinski definition) is 2. The summed E-state index contributed by atoms with van der Waals surface area (Å²) >= 11 is 0. The van der Waals surface area contributed by atoms with Crippen molar-refractivity contribution in [3.8, 4) is 0 Å². The van der Waals surface area contributed by atoms with E-state index >= 15 is 0 Å². The minimum atomic E-state index is -0.818. The molecule has 1 N–H and O–H groups in total. The molecule has 0 aliphatic heterocycles. The van der Waals surface area contributed by atoms with E-state index in [1.807, 2.05) is 19.2 Å². The minimum absolute atomic E-state index is 0.185. The summed E-state index contributed by atoms with van der Waals surface area (Å²) in [6.45, 7) is 6.27. The van der Waals surface area contributed by atoms with Gasteiger partial charge in [0.05, 0.1) is 0 Å². The Morgan fingerprint density at radius 3 is 2.53 bits per heavy atom. The van der Waals surface area contributed by atoms with E-state index in [4.69, 9.17) is 0 Å². The summed E-state index contributed by atoms with van der Waals surface area (Å²) in [5, 5.41) is 3.42. The maximum Gasteiger partial charge on any atom is 0.0491 e. The topological polar surface area (TPSA) is 29.1 Å². The standard InChI is InChI=1S/C14H23NOS/c1-5-14(15-4)12(3)17(16)10-13-9-7-6-8-11(13)2/h6-9,12,14-15H,5,10H2,1-4H3. The van der Waals surface area contributed by atoms with Gasteiger partial charge in [-0.05, 0) is 38.4 Å². The van der Waals surface area contributed by atoms with E-state index in [-0.39, 0.29) is 5.25 Å². The second-order valence-corrected chi connectivity index (χ2v) is 6.25. The first kappa shape index (κ1) is 14.4. The summed E-state index contributed by atoms with van der Waals surface area (Å²) in [4.78, 5) is 0. The van der Waals surface area contributed by atoms with Crippen LogP contribution in [0.25, 0.3) is 0 Å². The lowest BCUT2D eigenvalue weighted by Crippen LogP contribution is -2.38. The van der Waals surface area contributed by atoms with Gasteiger partial charge >= 0.3 is 0 Å². The molecule has 0 amide bonds. The lowest BCUT2D eigenvalue weighted by atomic mass is 10.1. The summed E-state index contributed by atoms with van der Waals surface area (Å²) in [5.74, 6) is 0.659. The van der Waals surface area contributed by atoms with Crippen molar-refractivity contribution in [1.29, 1.82) is 0 Å². The molecule has 0 spiro atoms. The molecule has 1 rings (SSSR count). The molecule has 0 saturated heterocycles. The van der Waals surface area contributed by atoms with Gasteiger partial charge in [-0.3, -0.25) is 4.21 Å². The molecule has 0 bridgehead atoms. The number of hydrogen-bond donors (Lipinski definition) is 1. The van der Waals surface area contributed by atoms with Crippen LogP contribution in [0.15, 0.2) is 24.3 Å². The van der Waals surface area contributed by atoms with E-state index in [0.29, 0.717) is 11.8 Å². The predicted molar refractivity (Wildman–Crippen MR) is 75.6 cm³/mol. The highest BCUT2D eigenvalue weighted by Crippen LogP contribution is 2.14. The number of aryl methyl sites for hydroxylation is 1.